The highest BCUT2D eigenvalue weighted by Gasteiger charge is 2.23. The van der Waals surface area contributed by atoms with Crippen molar-refractivity contribution in [2.24, 2.45) is 11.7 Å². The van der Waals surface area contributed by atoms with Crippen molar-refractivity contribution in [2.75, 3.05) is 25.5 Å². The van der Waals surface area contributed by atoms with Gasteiger partial charge in [0.15, 0.2) is 11.5 Å². The quantitative estimate of drug-likeness (QED) is 0.763. The number of piperidine rings is 1. The zero-order valence-electron chi connectivity index (χ0n) is 14.4. The van der Waals surface area contributed by atoms with Crippen molar-refractivity contribution in [1.29, 1.82) is 0 Å². The lowest BCUT2D eigenvalue weighted by molar-refractivity contribution is 0.124. The van der Waals surface area contributed by atoms with Crippen LogP contribution in [0.4, 0.5) is 10.6 Å². The summed E-state index contributed by atoms with van der Waals surface area (Å²) in [6.45, 7) is 4.12. The first-order valence-electron chi connectivity index (χ1n) is 8.35. The largest absolute Gasteiger partial charge is 0.493 e. The molecule has 1 saturated heterocycles. The van der Waals surface area contributed by atoms with Gasteiger partial charge in [0.1, 0.15) is 12.1 Å². The Hall–Kier alpha value is -2.61. The summed E-state index contributed by atoms with van der Waals surface area (Å²) in [4.78, 5) is 19.5. The normalized spacial score (nSPS) is 16.4. The van der Waals surface area contributed by atoms with E-state index in [0.29, 0.717) is 34.1 Å². The maximum atomic E-state index is 11.1. The first kappa shape index (κ1) is 17.2. The number of nitrogens with one attached hydrogen (secondary N) is 2. The number of carbonyl (C=O) groups is 1. The van der Waals surface area contributed by atoms with E-state index in [9.17, 15) is 4.79 Å². The predicted molar refractivity (Wildman–Crippen MR) is 95.0 cm³/mol. The summed E-state index contributed by atoms with van der Waals surface area (Å²) < 4.78 is 11.6. The number of nitrogens with two attached hydrogens (primary N) is 1. The topological polar surface area (TPSA) is 111 Å². The van der Waals surface area contributed by atoms with Crippen LogP contribution >= 0.6 is 0 Å². The van der Waals surface area contributed by atoms with Crippen molar-refractivity contribution in [1.82, 2.24) is 15.3 Å². The van der Waals surface area contributed by atoms with Crippen molar-refractivity contribution in [3.8, 4) is 11.5 Å². The molecule has 2 heterocycles. The van der Waals surface area contributed by atoms with Gasteiger partial charge in [-0.1, -0.05) is 0 Å². The third-order valence-electron chi connectivity index (χ3n) is 4.52. The number of hydrogen-bond acceptors (Lipinski definition) is 6. The second-order valence-electron chi connectivity index (χ2n) is 6.14. The molecule has 1 aliphatic heterocycles. The Morgan fingerprint density at radius 1 is 1.32 bits per heavy atom. The lowest BCUT2D eigenvalue weighted by Crippen LogP contribution is -2.35. The van der Waals surface area contributed by atoms with Crippen LogP contribution in [0.1, 0.15) is 19.8 Å². The number of ether oxygens (including phenoxy) is 2. The van der Waals surface area contributed by atoms with Gasteiger partial charge in [-0.25, -0.2) is 14.8 Å². The summed E-state index contributed by atoms with van der Waals surface area (Å²) in [5.41, 5.74) is 5.84. The van der Waals surface area contributed by atoms with Crippen molar-refractivity contribution in [3.63, 3.8) is 0 Å². The standard InChI is InChI=1S/C17H23N5O3/c1-10(11-3-5-19-6-4-11)25-15-8-13-12(7-14(15)24-2)16(21-9-20-13)22-17(18)23/h7-11,19H,3-6H2,1-2H3,(H3,18,20,21,22,23). The molecule has 134 valence electrons. The molecule has 1 fully saturated rings. The van der Waals surface area contributed by atoms with Crippen LogP contribution in [0.3, 0.4) is 0 Å². The minimum atomic E-state index is -0.682. The van der Waals surface area contributed by atoms with E-state index in [4.69, 9.17) is 15.2 Å². The number of carbonyl (C=O) groups excluding carboxylic acids is 1. The molecule has 0 saturated carbocycles. The van der Waals surface area contributed by atoms with E-state index in [1.807, 2.05) is 0 Å². The van der Waals surface area contributed by atoms with Crippen LogP contribution in [0, 0.1) is 5.92 Å². The Morgan fingerprint density at radius 2 is 2.08 bits per heavy atom. The monoisotopic (exact) mass is 345 g/mol. The molecule has 1 unspecified atom stereocenters. The Morgan fingerprint density at radius 3 is 2.76 bits per heavy atom. The van der Waals surface area contributed by atoms with Crippen molar-refractivity contribution >= 4 is 22.8 Å². The third-order valence-corrected chi connectivity index (χ3v) is 4.52. The Labute approximate surface area is 146 Å². The van der Waals surface area contributed by atoms with E-state index in [-0.39, 0.29) is 6.10 Å². The second-order valence-corrected chi connectivity index (χ2v) is 6.14. The average Bonchev–Trinajstić information content (AvgIpc) is 2.61. The van der Waals surface area contributed by atoms with Crippen LogP contribution in [-0.4, -0.2) is 42.3 Å². The van der Waals surface area contributed by atoms with Crippen molar-refractivity contribution < 1.29 is 14.3 Å². The molecule has 0 radical (unpaired) electrons. The number of urea groups is 1. The van der Waals surface area contributed by atoms with Crippen LogP contribution in [0.5, 0.6) is 11.5 Å². The van der Waals surface area contributed by atoms with Crippen LogP contribution in [0.2, 0.25) is 0 Å². The van der Waals surface area contributed by atoms with E-state index >= 15 is 0 Å². The Kier molecular flexibility index (Phi) is 5.18. The number of rotatable bonds is 5. The second kappa shape index (κ2) is 7.52. The van der Waals surface area contributed by atoms with E-state index in [1.165, 1.54) is 6.33 Å². The fourth-order valence-electron chi connectivity index (χ4n) is 3.14. The molecular weight excluding hydrogens is 322 g/mol. The van der Waals surface area contributed by atoms with Gasteiger partial charge >= 0.3 is 6.03 Å². The maximum absolute atomic E-state index is 11.1. The van der Waals surface area contributed by atoms with Gasteiger partial charge < -0.3 is 20.5 Å². The lowest BCUT2D eigenvalue weighted by Gasteiger charge is -2.29. The Balaban J connectivity index is 1.91. The maximum Gasteiger partial charge on any atom is 0.317 e. The van der Waals surface area contributed by atoms with Crippen LogP contribution in [-0.2, 0) is 0 Å². The van der Waals surface area contributed by atoms with Crippen LogP contribution in [0.25, 0.3) is 10.9 Å². The fraction of sp³-hybridized carbons (Fsp3) is 0.471. The SMILES string of the molecule is COc1cc2c(NC(N)=O)ncnc2cc1OC(C)C1CCNCC1. The van der Waals surface area contributed by atoms with E-state index < -0.39 is 6.03 Å². The molecule has 3 rings (SSSR count). The molecule has 1 aromatic carbocycles. The highest BCUT2D eigenvalue weighted by molar-refractivity contribution is 5.98. The molecule has 8 heteroatoms. The zero-order chi connectivity index (χ0) is 17.8. The molecule has 0 spiro atoms. The summed E-state index contributed by atoms with van der Waals surface area (Å²) in [6.07, 6.45) is 3.62. The van der Waals surface area contributed by atoms with E-state index in [1.54, 1.807) is 19.2 Å². The number of anilines is 1. The summed E-state index contributed by atoms with van der Waals surface area (Å²) >= 11 is 0. The number of methoxy groups -OCH3 is 1. The number of nitrogens with zero attached hydrogens (tertiary/aromatic N) is 2. The van der Waals surface area contributed by atoms with Gasteiger partial charge in [-0.15, -0.1) is 0 Å². The number of amides is 2. The molecule has 1 atom stereocenters. The molecule has 8 nitrogen and oxygen atoms in total. The number of fused-ring (bicyclic) bond motifs is 1. The molecule has 0 aliphatic carbocycles. The third kappa shape index (κ3) is 3.90. The minimum Gasteiger partial charge on any atom is -0.493 e. The number of benzene rings is 1. The molecule has 1 aliphatic rings. The van der Waals surface area contributed by atoms with Crippen LogP contribution < -0.4 is 25.8 Å². The van der Waals surface area contributed by atoms with E-state index in [0.717, 1.165) is 25.9 Å². The molecule has 1 aromatic heterocycles. The first-order valence-corrected chi connectivity index (χ1v) is 8.35. The summed E-state index contributed by atoms with van der Waals surface area (Å²) in [7, 11) is 1.58. The zero-order valence-corrected chi connectivity index (χ0v) is 14.4. The average molecular weight is 345 g/mol. The summed E-state index contributed by atoms with van der Waals surface area (Å²) in [5.74, 6) is 2.04. The van der Waals surface area contributed by atoms with Gasteiger partial charge in [0.25, 0.3) is 0 Å². The highest BCUT2D eigenvalue weighted by atomic mass is 16.5. The number of hydrogen-bond donors (Lipinski definition) is 3. The highest BCUT2D eigenvalue weighted by Crippen LogP contribution is 2.35. The van der Waals surface area contributed by atoms with Gasteiger partial charge in [0.05, 0.1) is 18.7 Å². The molecule has 2 aromatic rings. The molecule has 4 N–H and O–H groups in total. The van der Waals surface area contributed by atoms with Gasteiger partial charge in [-0.05, 0) is 44.8 Å². The number of aromatic nitrogens is 2. The van der Waals surface area contributed by atoms with Gasteiger partial charge in [0, 0.05) is 11.5 Å². The molecule has 2 amide bonds. The van der Waals surface area contributed by atoms with Crippen molar-refractivity contribution in [2.45, 2.75) is 25.9 Å². The molecule has 25 heavy (non-hydrogen) atoms. The van der Waals surface area contributed by atoms with Crippen LogP contribution in [0.15, 0.2) is 18.5 Å². The summed E-state index contributed by atoms with van der Waals surface area (Å²) in [6, 6.07) is 2.88. The first-order chi connectivity index (χ1) is 12.1. The van der Waals surface area contributed by atoms with Gasteiger partial charge in [0.2, 0.25) is 0 Å². The molecular formula is C17H23N5O3. The lowest BCUT2D eigenvalue weighted by atomic mass is 9.93. The Bertz CT molecular complexity index is 761. The summed E-state index contributed by atoms with van der Waals surface area (Å²) in [5, 5.41) is 6.49. The predicted octanol–water partition coefficient (Wildman–Crippen LogP) is 1.90. The minimum absolute atomic E-state index is 0.0681. The van der Waals surface area contributed by atoms with Gasteiger partial charge in [-0.3, -0.25) is 5.32 Å². The molecule has 0 bridgehead atoms. The smallest absolute Gasteiger partial charge is 0.317 e. The fourth-order valence-corrected chi connectivity index (χ4v) is 3.14. The van der Waals surface area contributed by atoms with Crippen molar-refractivity contribution in [3.05, 3.63) is 18.5 Å². The van der Waals surface area contributed by atoms with Gasteiger partial charge in [-0.2, -0.15) is 0 Å². The number of primary amides is 1. The van der Waals surface area contributed by atoms with E-state index in [2.05, 4.69) is 27.5 Å².